The Labute approximate surface area is 128 Å². The number of hydrogen-bond donors (Lipinski definition) is 1. The Hall–Kier alpha value is -1.35. The molecule has 1 heterocycles. The molecule has 0 saturated carbocycles. The predicted molar refractivity (Wildman–Crippen MR) is 87.3 cm³/mol. The second-order valence-corrected chi connectivity index (χ2v) is 6.49. The Morgan fingerprint density at radius 1 is 1.24 bits per heavy atom. The first kappa shape index (κ1) is 16.0. The molecule has 1 aromatic carbocycles. The lowest BCUT2D eigenvalue weighted by Crippen LogP contribution is -2.44. The SMILES string of the molecule is CNC(CN1CCCC(C)C1=O)c1ccc(C(C)C)cc1. The molecule has 0 spiro atoms. The maximum Gasteiger partial charge on any atom is 0.225 e. The van der Waals surface area contributed by atoms with Crippen LogP contribution in [0.4, 0.5) is 0 Å². The highest BCUT2D eigenvalue weighted by Gasteiger charge is 2.27. The van der Waals surface area contributed by atoms with Crippen LogP contribution in [0.5, 0.6) is 0 Å². The topological polar surface area (TPSA) is 32.3 Å². The van der Waals surface area contributed by atoms with Gasteiger partial charge in [-0.05, 0) is 36.9 Å². The fourth-order valence-corrected chi connectivity index (χ4v) is 3.01. The molecule has 0 aliphatic carbocycles. The molecule has 1 saturated heterocycles. The first-order chi connectivity index (χ1) is 10.0. The van der Waals surface area contributed by atoms with Crippen molar-refractivity contribution in [1.29, 1.82) is 0 Å². The van der Waals surface area contributed by atoms with E-state index in [0.29, 0.717) is 11.8 Å². The Morgan fingerprint density at radius 3 is 2.43 bits per heavy atom. The van der Waals surface area contributed by atoms with Crippen molar-refractivity contribution in [3.63, 3.8) is 0 Å². The molecule has 116 valence electrons. The summed E-state index contributed by atoms with van der Waals surface area (Å²) < 4.78 is 0. The molecule has 1 amide bonds. The van der Waals surface area contributed by atoms with Gasteiger partial charge in [0.05, 0.1) is 0 Å². The minimum Gasteiger partial charge on any atom is -0.341 e. The van der Waals surface area contributed by atoms with Gasteiger partial charge in [0, 0.05) is 25.0 Å². The van der Waals surface area contributed by atoms with Crippen LogP contribution in [0.15, 0.2) is 24.3 Å². The van der Waals surface area contributed by atoms with Gasteiger partial charge in [-0.25, -0.2) is 0 Å². The van der Waals surface area contributed by atoms with Gasteiger partial charge in [0.15, 0.2) is 0 Å². The number of amides is 1. The number of likely N-dealkylation sites (tertiary alicyclic amines) is 1. The zero-order valence-electron chi connectivity index (χ0n) is 13.7. The molecule has 2 atom stereocenters. The van der Waals surface area contributed by atoms with Gasteiger partial charge in [0.1, 0.15) is 0 Å². The van der Waals surface area contributed by atoms with E-state index >= 15 is 0 Å². The number of likely N-dealkylation sites (N-methyl/N-ethyl adjacent to an activating group) is 1. The van der Waals surface area contributed by atoms with Crippen LogP contribution in [-0.4, -0.2) is 30.9 Å². The summed E-state index contributed by atoms with van der Waals surface area (Å²) in [7, 11) is 1.97. The van der Waals surface area contributed by atoms with Crippen molar-refractivity contribution in [2.45, 2.75) is 45.6 Å². The van der Waals surface area contributed by atoms with Crippen LogP contribution in [0.2, 0.25) is 0 Å². The number of nitrogens with one attached hydrogen (secondary N) is 1. The molecule has 1 aromatic rings. The lowest BCUT2D eigenvalue weighted by Gasteiger charge is -2.33. The molecule has 0 aromatic heterocycles. The third-order valence-corrected chi connectivity index (χ3v) is 4.56. The molecular formula is C18H28N2O. The van der Waals surface area contributed by atoms with E-state index in [9.17, 15) is 4.79 Å². The maximum atomic E-state index is 12.2. The van der Waals surface area contributed by atoms with Crippen LogP contribution in [0.1, 0.15) is 56.7 Å². The molecule has 3 heteroatoms. The summed E-state index contributed by atoms with van der Waals surface area (Å²) in [6.07, 6.45) is 2.15. The van der Waals surface area contributed by atoms with Crippen LogP contribution < -0.4 is 5.32 Å². The number of rotatable bonds is 5. The van der Waals surface area contributed by atoms with E-state index in [4.69, 9.17) is 0 Å². The first-order valence-corrected chi connectivity index (χ1v) is 8.08. The summed E-state index contributed by atoms with van der Waals surface area (Å²) in [6.45, 7) is 8.11. The van der Waals surface area contributed by atoms with Gasteiger partial charge in [-0.3, -0.25) is 4.79 Å². The number of carbonyl (C=O) groups excluding carboxylic acids is 1. The van der Waals surface area contributed by atoms with Crippen LogP contribution >= 0.6 is 0 Å². The number of piperidine rings is 1. The third kappa shape index (κ3) is 3.85. The van der Waals surface area contributed by atoms with Gasteiger partial charge in [0.2, 0.25) is 5.91 Å². The molecule has 1 fully saturated rings. The largest absolute Gasteiger partial charge is 0.341 e. The average Bonchev–Trinajstić information content (AvgIpc) is 2.49. The fourth-order valence-electron chi connectivity index (χ4n) is 3.01. The van der Waals surface area contributed by atoms with Crippen LogP contribution in [0, 0.1) is 5.92 Å². The van der Waals surface area contributed by atoms with Gasteiger partial charge in [-0.2, -0.15) is 0 Å². The van der Waals surface area contributed by atoms with E-state index in [-0.39, 0.29) is 12.0 Å². The predicted octanol–water partition coefficient (Wildman–Crippen LogP) is 3.33. The molecule has 3 nitrogen and oxygen atoms in total. The highest BCUT2D eigenvalue weighted by atomic mass is 16.2. The van der Waals surface area contributed by atoms with Crippen molar-refractivity contribution >= 4 is 5.91 Å². The summed E-state index contributed by atoms with van der Waals surface area (Å²) >= 11 is 0. The van der Waals surface area contributed by atoms with Crippen molar-refractivity contribution in [1.82, 2.24) is 10.2 Å². The fraction of sp³-hybridized carbons (Fsp3) is 0.611. The third-order valence-electron chi connectivity index (χ3n) is 4.56. The Balaban J connectivity index is 2.07. The van der Waals surface area contributed by atoms with E-state index in [1.54, 1.807) is 0 Å². The second kappa shape index (κ2) is 7.08. The number of benzene rings is 1. The van der Waals surface area contributed by atoms with Crippen molar-refractivity contribution in [3.8, 4) is 0 Å². The van der Waals surface area contributed by atoms with E-state index in [1.807, 2.05) is 18.9 Å². The normalized spacial score (nSPS) is 20.9. The Kier molecular flexibility index (Phi) is 5.40. The lowest BCUT2D eigenvalue weighted by atomic mass is 9.96. The van der Waals surface area contributed by atoms with Crippen molar-refractivity contribution < 1.29 is 4.79 Å². The van der Waals surface area contributed by atoms with Crippen molar-refractivity contribution in [2.75, 3.05) is 20.1 Å². The molecule has 1 N–H and O–H groups in total. The van der Waals surface area contributed by atoms with Gasteiger partial charge >= 0.3 is 0 Å². The Morgan fingerprint density at radius 2 is 1.86 bits per heavy atom. The van der Waals surface area contributed by atoms with E-state index in [0.717, 1.165) is 25.9 Å². The van der Waals surface area contributed by atoms with Crippen molar-refractivity contribution in [2.24, 2.45) is 5.92 Å². The summed E-state index contributed by atoms with van der Waals surface area (Å²) in [5.74, 6) is 1.04. The minimum atomic E-state index is 0.180. The van der Waals surface area contributed by atoms with Crippen LogP contribution in [0.3, 0.4) is 0 Å². The average molecular weight is 288 g/mol. The molecule has 21 heavy (non-hydrogen) atoms. The summed E-state index contributed by atoms with van der Waals surface area (Å²) in [5.41, 5.74) is 2.62. The molecule has 2 rings (SSSR count). The highest BCUT2D eigenvalue weighted by Crippen LogP contribution is 2.23. The van der Waals surface area contributed by atoms with Gasteiger partial charge in [0.25, 0.3) is 0 Å². The number of carbonyl (C=O) groups is 1. The Bertz CT molecular complexity index is 467. The maximum absolute atomic E-state index is 12.2. The molecule has 0 radical (unpaired) electrons. The second-order valence-electron chi connectivity index (χ2n) is 6.49. The first-order valence-electron chi connectivity index (χ1n) is 8.08. The molecular weight excluding hydrogens is 260 g/mol. The number of hydrogen-bond acceptors (Lipinski definition) is 2. The monoisotopic (exact) mass is 288 g/mol. The zero-order chi connectivity index (χ0) is 15.4. The minimum absolute atomic E-state index is 0.180. The van der Waals surface area contributed by atoms with E-state index in [2.05, 4.69) is 43.4 Å². The van der Waals surface area contributed by atoms with Gasteiger partial charge in [-0.1, -0.05) is 45.0 Å². The van der Waals surface area contributed by atoms with Crippen LogP contribution in [-0.2, 0) is 4.79 Å². The number of nitrogens with zero attached hydrogens (tertiary/aromatic N) is 1. The van der Waals surface area contributed by atoms with Crippen molar-refractivity contribution in [3.05, 3.63) is 35.4 Å². The van der Waals surface area contributed by atoms with E-state index < -0.39 is 0 Å². The van der Waals surface area contributed by atoms with Gasteiger partial charge in [-0.15, -0.1) is 0 Å². The van der Waals surface area contributed by atoms with Crippen LogP contribution in [0.25, 0.3) is 0 Å². The molecule has 1 aliphatic rings. The zero-order valence-corrected chi connectivity index (χ0v) is 13.7. The quantitative estimate of drug-likeness (QED) is 0.901. The summed E-state index contributed by atoms with van der Waals surface area (Å²) in [4.78, 5) is 14.3. The summed E-state index contributed by atoms with van der Waals surface area (Å²) in [5, 5.41) is 3.36. The molecule has 1 aliphatic heterocycles. The highest BCUT2D eigenvalue weighted by molar-refractivity contribution is 5.79. The smallest absolute Gasteiger partial charge is 0.225 e. The molecule has 0 bridgehead atoms. The summed E-state index contributed by atoms with van der Waals surface area (Å²) in [6, 6.07) is 8.99. The standard InChI is InChI=1S/C18H28N2O/c1-13(2)15-7-9-16(10-8-15)17(19-4)12-20-11-5-6-14(3)18(20)21/h7-10,13-14,17,19H,5-6,11-12H2,1-4H3. The molecule has 2 unspecified atom stereocenters. The van der Waals surface area contributed by atoms with E-state index in [1.165, 1.54) is 11.1 Å². The lowest BCUT2D eigenvalue weighted by molar-refractivity contribution is -0.138. The van der Waals surface area contributed by atoms with Gasteiger partial charge < -0.3 is 10.2 Å².